The number of esters is 1. The van der Waals surface area contributed by atoms with Gasteiger partial charge in [-0.2, -0.15) is 0 Å². The van der Waals surface area contributed by atoms with Gasteiger partial charge in [0.15, 0.2) is 24.0 Å². The van der Waals surface area contributed by atoms with Crippen molar-refractivity contribution in [3.63, 3.8) is 0 Å². The minimum absolute atomic E-state index is 0.0226. The Morgan fingerprint density at radius 2 is 1.87 bits per heavy atom. The Kier molecular flexibility index (Phi) is 11.0. The first kappa shape index (κ1) is 29.7. The summed E-state index contributed by atoms with van der Waals surface area (Å²) >= 11 is 0. The summed E-state index contributed by atoms with van der Waals surface area (Å²) in [6, 6.07) is 16.5. The van der Waals surface area contributed by atoms with Crippen molar-refractivity contribution in [2.24, 2.45) is 0 Å². The maximum Gasteiger partial charge on any atom is 0.417 e. The number of terminal acetylenes is 1. The molecule has 0 radical (unpaired) electrons. The van der Waals surface area contributed by atoms with Crippen LogP contribution in [0.5, 0.6) is 11.5 Å². The van der Waals surface area contributed by atoms with Crippen LogP contribution in [-0.2, 0) is 19.1 Å². The Morgan fingerprint density at radius 3 is 2.56 bits per heavy atom. The molecule has 0 bridgehead atoms. The van der Waals surface area contributed by atoms with E-state index < -0.39 is 29.9 Å². The highest BCUT2D eigenvalue weighted by molar-refractivity contribution is 6.28. The van der Waals surface area contributed by atoms with Crippen LogP contribution >= 0.6 is 0 Å². The third-order valence-corrected chi connectivity index (χ3v) is 5.99. The standard InChI is InChI=1S/C28H35N3O8/c1-4-17-36-21-12-8-9-13-22(21)38-25(34)23(39-26(35)24(32)33)19-30-28(2,3)14-18-37-27-29-15-16-31(27)20-10-6-5-7-11-20/h1,5-13,23,25,27,29-30,34H,14-19H2,2-3H3,(H,32,33). The fourth-order valence-corrected chi connectivity index (χ4v) is 3.84. The van der Waals surface area contributed by atoms with Crippen molar-refractivity contribution in [2.75, 3.05) is 37.7 Å². The molecule has 1 saturated heterocycles. The molecule has 11 heteroatoms. The van der Waals surface area contributed by atoms with Crippen molar-refractivity contribution in [1.29, 1.82) is 0 Å². The lowest BCUT2D eigenvalue weighted by molar-refractivity contribution is -0.180. The second-order valence-corrected chi connectivity index (χ2v) is 9.42. The predicted molar refractivity (Wildman–Crippen MR) is 143 cm³/mol. The van der Waals surface area contributed by atoms with Crippen LogP contribution < -0.4 is 25.0 Å². The van der Waals surface area contributed by atoms with Crippen LogP contribution in [0.25, 0.3) is 0 Å². The molecule has 210 valence electrons. The molecule has 3 atom stereocenters. The number of hydrogen-bond acceptors (Lipinski definition) is 10. The Balaban J connectivity index is 1.57. The summed E-state index contributed by atoms with van der Waals surface area (Å²) in [4.78, 5) is 25.1. The summed E-state index contributed by atoms with van der Waals surface area (Å²) in [5.74, 6) is -0.546. The number of aliphatic hydroxyl groups is 1. The number of hydrogen-bond donors (Lipinski definition) is 4. The number of nitrogens with one attached hydrogen (secondary N) is 2. The third-order valence-electron chi connectivity index (χ3n) is 5.99. The quantitative estimate of drug-likeness (QED) is 0.120. The molecule has 0 amide bonds. The van der Waals surface area contributed by atoms with Gasteiger partial charge < -0.3 is 39.4 Å². The van der Waals surface area contributed by atoms with Gasteiger partial charge >= 0.3 is 11.9 Å². The first-order valence-electron chi connectivity index (χ1n) is 12.6. The summed E-state index contributed by atoms with van der Waals surface area (Å²) < 4.78 is 22.1. The number of aliphatic hydroxyl groups excluding tert-OH is 1. The van der Waals surface area contributed by atoms with Gasteiger partial charge in [0, 0.05) is 30.9 Å². The van der Waals surface area contributed by atoms with Crippen molar-refractivity contribution >= 4 is 17.6 Å². The van der Waals surface area contributed by atoms with Crippen LogP contribution in [0.2, 0.25) is 0 Å². The molecule has 0 aliphatic carbocycles. The van der Waals surface area contributed by atoms with Crippen LogP contribution in [-0.4, -0.2) is 79.3 Å². The van der Waals surface area contributed by atoms with E-state index in [2.05, 4.69) is 21.5 Å². The lowest BCUT2D eigenvalue weighted by Crippen LogP contribution is -2.50. The van der Waals surface area contributed by atoms with E-state index in [1.54, 1.807) is 18.2 Å². The van der Waals surface area contributed by atoms with Crippen LogP contribution in [0, 0.1) is 12.3 Å². The molecular formula is C28H35N3O8. The average Bonchev–Trinajstić information content (AvgIpc) is 3.39. The number of para-hydroxylation sites is 3. The van der Waals surface area contributed by atoms with E-state index in [0.29, 0.717) is 13.0 Å². The molecule has 1 fully saturated rings. The lowest BCUT2D eigenvalue weighted by atomic mass is 10.0. The first-order chi connectivity index (χ1) is 18.7. The molecule has 1 heterocycles. The van der Waals surface area contributed by atoms with Gasteiger partial charge in [0.1, 0.15) is 6.61 Å². The molecular weight excluding hydrogens is 506 g/mol. The van der Waals surface area contributed by atoms with E-state index in [9.17, 15) is 14.7 Å². The van der Waals surface area contributed by atoms with Gasteiger partial charge in [-0.1, -0.05) is 36.3 Å². The highest BCUT2D eigenvalue weighted by Gasteiger charge is 2.31. The Bertz CT molecular complexity index is 1120. The molecule has 2 aromatic carbocycles. The molecule has 39 heavy (non-hydrogen) atoms. The minimum atomic E-state index is -1.79. The highest BCUT2D eigenvalue weighted by atomic mass is 16.7. The molecule has 3 unspecified atom stereocenters. The number of carbonyl (C=O) groups excluding carboxylic acids is 1. The average molecular weight is 542 g/mol. The summed E-state index contributed by atoms with van der Waals surface area (Å²) in [5.41, 5.74) is 0.533. The number of rotatable bonds is 14. The van der Waals surface area contributed by atoms with Crippen molar-refractivity contribution in [1.82, 2.24) is 10.6 Å². The molecule has 0 spiro atoms. The molecule has 0 saturated carbocycles. The van der Waals surface area contributed by atoms with Crippen LogP contribution in [0.3, 0.4) is 0 Å². The number of ether oxygens (including phenoxy) is 4. The van der Waals surface area contributed by atoms with Crippen molar-refractivity contribution in [3.05, 3.63) is 54.6 Å². The van der Waals surface area contributed by atoms with Crippen molar-refractivity contribution < 1.29 is 38.7 Å². The first-order valence-corrected chi connectivity index (χ1v) is 12.6. The van der Waals surface area contributed by atoms with E-state index >= 15 is 0 Å². The molecule has 1 aliphatic rings. The van der Waals surface area contributed by atoms with Gasteiger partial charge in [0.2, 0.25) is 6.29 Å². The number of anilines is 1. The topological polar surface area (TPSA) is 139 Å². The SMILES string of the molecule is C#CCOc1ccccc1OC(O)C(CNC(C)(C)CCOC1NCCN1c1ccccc1)OC(=O)C(=O)O. The zero-order valence-electron chi connectivity index (χ0n) is 22.0. The Hall–Kier alpha value is -3.82. The molecule has 11 nitrogen and oxygen atoms in total. The zero-order valence-corrected chi connectivity index (χ0v) is 22.0. The largest absolute Gasteiger partial charge is 0.477 e. The lowest BCUT2D eigenvalue weighted by Gasteiger charge is -2.32. The highest BCUT2D eigenvalue weighted by Crippen LogP contribution is 2.28. The Morgan fingerprint density at radius 1 is 1.18 bits per heavy atom. The number of carboxylic acids is 1. The minimum Gasteiger partial charge on any atom is -0.477 e. The normalized spacial score (nSPS) is 16.7. The van der Waals surface area contributed by atoms with Gasteiger partial charge in [0.25, 0.3) is 0 Å². The van der Waals surface area contributed by atoms with E-state index in [0.717, 1.165) is 18.8 Å². The van der Waals surface area contributed by atoms with Gasteiger partial charge in [-0.15, -0.1) is 6.42 Å². The van der Waals surface area contributed by atoms with Gasteiger partial charge in [-0.25, -0.2) is 9.59 Å². The van der Waals surface area contributed by atoms with Crippen LogP contribution in [0.15, 0.2) is 54.6 Å². The van der Waals surface area contributed by atoms with E-state index in [-0.39, 0.29) is 31.0 Å². The van der Waals surface area contributed by atoms with Crippen molar-refractivity contribution in [2.45, 2.75) is 44.6 Å². The molecule has 1 aliphatic heterocycles. The third kappa shape index (κ3) is 9.15. The van der Waals surface area contributed by atoms with Gasteiger partial charge in [-0.3, -0.25) is 5.32 Å². The summed E-state index contributed by atoms with van der Waals surface area (Å²) in [7, 11) is 0. The van der Waals surface area contributed by atoms with E-state index in [4.69, 9.17) is 30.5 Å². The smallest absolute Gasteiger partial charge is 0.417 e. The summed E-state index contributed by atoms with van der Waals surface area (Å²) in [6.45, 7) is 5.73. The molecule has 3 rings (SSSR count). The van der Waals surface area contributed by atoms with Crippen molar-refractivity contribution in [3.8, 4) is 23.8 Å². The molecule has 0 aromatic heterocycles. The van der Waals surface area contributed by atoms with E-state index in [1.165, 1.54) is 6.07 Å². The number of carboxylic acid groups (broad SMARTS) is 1. The van der Waals surface area contributed by atoms with Crippen LogP contribution in [0.1, 0.15) is 20.3 Å². The Labute approximate surface area is 228 Å². The van der Waals surface area contributed by atoms with Crippen LogP contribution in [0.4, 0.5) is 5.69 Å². The predicted octanol–water partition coefficient (Wildman–Crippen LogP) is 1.56. The fourth-order valence-electron chi connectivity index (χ4n) is 3.84. The summed E-state index contributed by atoms with van der Waals surface area (Å²) in [5, 5.41) is 26.3. The summed E-state index contributed by atoms with van der Waals surface area (Å²) in [6.07, 6.45) is 2.49. The maximum absolute atomic E-state index is 11.8. The van der Waals surface area contributed by atoms with Gasteiger partial charge in [-0.05, 0) is 44.5 Å². The van der Waals surface area contributed by atoms with E-state index in [1.807, 2.05) is 44.2 Å². The number of benzene rings is 2. The molecule has 4 N–H and O–H groups in total. The second kappa shape index (κ2) is 14.4. The number of carbonyl (C=O) groups is 2. The second-order valence-electron chi connectivity index (χ2n) is 9.42. The van der Waals surface area contributed by atoms with Gasteiger partial charge in [0.05, 0.1) is 6.61 Å². The fraction of sp³-hybridized carbons (Fsp3) is 0.429. The number of nitrogens with zero attached hydrogens (tertiary/aromatic N) is 1. The monoisotopic (exact) mass is 541 g/mol. The maximum atomic E-state index is 11.8. The number of aliphatic carboxylic acids is 1. The zero-order chi connectivity index (χ0) is 28.3. The molecule has 2 aromatic rings.